The van der Waals surface area contributed by atoms with E-state index in [1.54, 1.807) is 13.1 Å². The van der Waals surface area contributed by atoms with Gasteiger partial charge in [-0.05, 0) is 41.3 Å². The number of allylic oxidation sites excluding steroid dienone is 1. The molecule has 2 saturated heterocycles. The summed E-state index contributed by atoms with van der Waals surface area (Å²) in [6.45, 7) is 0.653. The van der Waals surface area contributed by atoms with Crippen molar-refractivity contribution in [3.05, 3.63) is 22.9 Å². The number of nitrogens with zero attached hydrogens (tertiary/aromatic N) is 6. The van der Waals surface area contributed by atoms with Crippen molar-refractivity contribution in [2.24, 2.45) is 7.05 Å². The highest BCUT2D eigenvalue weighted by Crippen LogP contribution is 2.41. The average molecular weight is 492 g/mol. The number of aryl methyl sites for hydroxylation is 1. The Balaban J connectivity index is 1.27. The van der Waals surface area contributed by atoms with E-state index >= 15 is 0 Å². The van der Waals surface area contributed by atoms with E-state index in [2.05, 4.69) is 20.8 Å². The lowest BCUT2D eigenvalue weighted by molar-refractivity contribution is -0.150. The molecule has 12 nitrogen and oxygen atoms in total. The number of tetrazole rings is 1. The normalized spacial score (nSPS) is 26.0. The number of hydrogen-bond donors (Lipinski definition) is 2. The number of rotatable bonds is 7. The Morgan fingerprint density at radius 3 is 2.79 bits per heavy atom. The van der Waals surface area contributed by atoms with Crippen LogP contribution in [0, 0.1) is 0 Å². The highest BCUT2D eigenvalue weighted by Gasteiger charge is 2.54. The molecule has 1 aliphatic carbocycles. The molecule has 0 radical (unpaired) electrons. The van der Waals surface area contributed by atoms with Crippen LogP contribution in [0.2, 0.25) is 0 Å². The third-order valence-electron chi connectivity index (χ3n) is 5.92. The van der Waals surface area contributed by atoms with Crippen LogP contribution in [-0.4, -0.2) is 94.3 Å². The molecular formula is C19H21N7O5S2. The van der Waals surface area contributed by atoms with Crippen LogP contribution in [0.5, 0.6) is 0 Å². The van der Waals surface area contributed by atoms with Crippen molar-refractivity contribution in [1.82, 2.24) is 35.3 Å². The predicted octanol–water partition coefficient (Wildman–Crippen LogP) is -0.638. The Labute approximate surface area is 196 Å². The van der Waals surface area contributed by atoms with Crippen LogP contribution in [0.4, 0.5) is 0 Å². The van der Waals surface area contributed by atoms with Crippen LogP contribution in [0.15, 0.2) is 28.1 Å². The van der Waals surface area contributed by atoms with Crippen molar-refractivity contribution in [3.8, 4) is 0 Å². The average Bonchev–Trinajstić information content (AvgIpc) is 3.45. The van der Waals surface area contributed by atoms with Gasteiger partial charge in [0.15, 0.2) is 0 Å². The minimum atomic E-state index is -1.22. The Morgan fingerprint density at radius 2 is 2.12 bits per heavy atom. The summed E-state index contributed by atoms with van der Waals surface area (Å²) in [7, 11) is 1.65. The van der Waals surface area contributed by atoms with Crippen molar-refractivity contribution in [2.75, 3.05) is 18.1 Å². The van der Waals surface area contributed by atoms with Gasteiger partial charge < -0.3 is 15.3 Å². The SMILES string of the molecule is Cn1nnnc1SCC(=O)N[C@@H]1C(=O)N2C(C(=O)O)=C(/C=C3\CCN(C4CC4)C3=O)CS[C@H]12. The number of fused-ring (bicyclic) bond motifs is 1. The minimum absolute atomic E-state index is 0.0218. The molecule has 0 aromatic carbocycles. The maximum Gasteiger partial charge on any atom is 0.352 e. The van der Waals surface area contributed by atoms with Crippen LogP contribution in [-0.2, 0) is 26.2 Å². The van der Waals surface area contributed by atoms with Gasteiger partial charge in [-0.1, -0.05) is 11.8 Å². The van der Waals surface area contributed by atoms with Gasteiger partial charge in [0.25, 0.3) is 5.91 Å². The Kier molecular flexibility index (Phi) is 5.64. The lowest BCUT2D eigenvalue weighted by atomic mass is 10.0. The summed E-state index contributed by atoms with van der Waals surface area (Å²) in [6, 6.07) is -0.492. The zero-order chi connectivity index (χ0) is 23.3. The van der Waals surface area contributed by atoms with Crippen molar-refractivity contribution < 1.29 is 24.3 Å². The number of hydrogen-bond acceptors (Lipinski definition) is 9. The Morgan fingerprint density at radius 1 is 1.33 bits per heavy atom. The summed E-state index contributed by atoms with van der Waals surface area (Å²) in [5.74, 6) is -1.75. The molecule has 3 fully saturated rings. The fraction of sp³-hybridized carbons (Fsp3) is 0.526. The molecule has 14 heteroatoms. The third-order valence-corrected chi connectivity index (χ3v) is 8.24. The lowest BCUT2D eigenvalue weighted by Gasteiger charge is -2.49. The van der Waals surface area contributed by atoms with Gasteiger partial charge in [0.05, 0.1) is 5.75 Å². The lowest BCUT2D eigenvalue weighted by Crippen LogP contribution is -2.70. The minimum Gasteiger partial charge on any atom is -0.477 e. The van der Waals surface area contributed by atoms with Gasteiger partial charge >= 0.3 is 5.97 Å². The summed E-state index contributed by atoms with van der Waals surface area (Å²) in [5, 5.41) is 23.4. The first kappa shape index (κ1) is 21.9. The van der Waals surface area contributed by atoms with Crippen LogP contribution in [0.3, 0.4) is 0 Å². The highest BCUT2D eigenvalue weighted by atomic mass is 32.2. The number of carbonyl (C=O) groups is 4. The number of β-lactam (4-membered cyclic amide) rings is 1. The quantitative estimate of drug-likeness (QED) is 0.286. The van der Waals surface area contributed by atoms with Crippen LogP contribution in [0.25, 0.3) is 0 Å². The smallest absolute Gasteiger partial charge is 0.352 e. The number of carbonyl (C=O) groups excluding carboxylic acids is 3. The standard InChI is InChI=1S/C19H21N7O5S2/c1-24-19(21-22-23-24)33-8-12(27)20-13-16(29)26-14(18(30)31)10(7-32-17(13)26)6-9-4-5-25(15(9)28)11-2-3-11/h6,11,13,17H,2-5,7-8H2,1H3,(H,20,27)(H,30,31)/b9-6+/t13-,17-/m1/s1. The largest absolute Gasteiger partial charge is 0.477 e. The van der Waals surface area contributed by atoms with E-state index in [9.17, 15) is 24.3 Å². The summed E-state index contributed by atoms with van der Waals surface area (Å²) < 4.78 is 1.43. The van der Waals surface area contributed by atoms with Gasteiger partial charge in [-0.25, -0.2) is 9.48 Å². The van der Waals surface area contributed by atoms with Crippen molar-refractivity contribution in [3.63, 3.8) is 0 Å². The number of amides is 3. The molecular weight excluding hydrogens is 470 g/mol. The number of carboxylic acids is 1. The number of nitrogens with one attached hydrogen (secondary N) is 1. The molecule has 2 atom stereocenters. The van der Waals surface area contributed by atoms with Gasteiger partial charge in [-0.3, -0.25) is 19.3 Å². The van der Waals surface area contributed by atoms with E-state index in [1.807, 2.05) is 4.90 Å². The van der Waals surface area contributed by atoms with Crippen LogP contribution >= 0.6 is 23.5 Å². The summed E-state index contributed by atoms with van der Waals surface area (Å²) >= 11 is 2.51. The maximum absolute atomic E-state index is 12.8. The highest BCUT2D eigenvalue weighted by molar-refractivity contribution is 8.00. The molecule has 3 amide bonds. The van der Waals surface area contributed by atoms with Gasteiger partial charge in [0, 0.05) is 31.0 Å². The van der Waals surface area contributed by atoms with Gasteiger partial charge in [-0.2, -0.15) is 0 Å². The van der Waals surface area contributed by atoms with Gasteiger partial charge in [0.1, 0.15) is 17.1 Å². The third kappa shape index (κ3) is 4.01. The van der Waals surface area contributed by atoms with Gasteiger partial charge in [0.2, 0.25) is 17.0 Å². The Hall–Kier alpha value is -2.87. The van der Waals surface area contributed by atoms with Gasteiger partial charge in [-0.15, -0.1) is 16.9 Å². The van der Waals surface area contributed by atoms with Crippen molar-refractivity contribution in [2.45, 2.75) is 41.9 Å². The van der Waals surface area contributed by atoms with E-state index < -0.39 is 23.3 Å². The first-order valence-electron chi connectivity index (χ1n) is 10.4. The monoisotopic (exact) mass is 491 g/mol. The molecule has 2 N–H and O–H groups in total. The molecule has 33 heavy (non-hydrogen) atoms. The number of carboxylic acid groups (broad SMARTS) is 1. The van der Waals surface area contributed by atoms with E-state index in [4.69, 9.17) is 0 Å². The molecule has 4 aliphatic rings. The molecule has 4 heterocycles. The Bertz CT molecular complexity index is 1110. The fourth-order valence-corrected chi connectivity index (χ4v) is 6.12. The zero-order valence-electron chi connectivity index (χ0n) is 17.6. The molecule has 0 unspecified atom stereocenters. The van der Waals surface area contributed by atoms with E-state index in [1.165, 1.54) is 21.3 Å². The molecule has 0 spiro atoms. The van der Waals surface area contributed by atoms with E-state index in [0.717, 1.165) is 24.6 Å². The number of aromatic nitrogens is 4. The fourth-order valence-electron chi connectivity index (χ4n) is 4.16. The second-order valence-corrected chi connectivity index (χ2v) is 10.2. The first-order chi connectivity index (χ1) is 15.8. The molecule has 1 aromatic rings. The molecule has 3 aliphatic heterocycles. The zero-order valence-corrected chi connectivity index (χ0v) is 19.3. The maximum atomic E-state index is 12.8. The van der Waals surface area contributed by atoms with Crippen molar-refractivity contribution in [1.29, 1.82) is 0 Å². The molecule has 1 saturated carbocycles. The summed E-state index contributed by atoms with van der Waals surface area (Å²) in [5.41, 5.74) is 0.926. The summed E-state index contributed by atoms with van der Waals surface area (Å²) in [6.07, 6.45) is 4.25. The molecule has 174 valence electrons. The van der Waals surface area contributed by atoms with E-state index in [0.29, 0.717) is 41.1 Å². The molecule has 5 rings (SSSR count). The number of aliphatic carboxylic acids is 1. The second-order valence-electron chi connectivity index (χ2n) is 8.16. The molecule has 0 bridgehead atoms. The number of thioether (sulfide) groups is 2. The van der Waals surface area contributed by atoms with Crippen molar-refractivity contribution >= 4 is 47.2 Å². The predicted molar refractivity (Wildman–Crippen MR) is 117 cm³/mol. The molecule has 1 aromatic heterocycles. The first-order valence-corrected chi connectivity index (χ1v) is 12.5. The van der Waals surface area contributed by atoms with Crippen LogP contribution in [0.1, 0.15) is 19.3 Å². The van der Waals surface area contributed by atoms with Crippen LogP contribution < -0.4 is 5.32 Å². The van der Waals surface area contributed by atoms with E-state index in [-0.39, 0.29) is 23.3 Å². The number of likely N-dealkylation sites (tertiary alicyclic amines) is 1. The topological polar surface area (TPSA) is 151 Å². The summed E-state index contributed by atoms with van der Waals surface area (Å²) in [4.78, 5) is 52.9. The second kappa shape index (κ2) is 8.48.